The van der Waals surface area contributed by atoms with Crippen molar-refractivity contribution in [2.45, 2.75) is 39.7 Å². The Hall–Kier alpha value is -1.06. The highest BCUT2D eigenvalue weighted by Crippen LogP contribution is 2.19. The fraction of sp³-hybridized carbons (Fsp3) is 0.667. The monoisotopic (exact) mass is 291 g/mol. The first-order valence-electron chi connectivity index (χ1n) is 8.31. The van der Waals surface area contributed by atoms with E-state index in [0.29, 0.717) is 6.04 Å². The highest BCUT2D eigenvalue weighted by atomic mass is 15.2. The lowest BCUT2D eigenvalue weighted by atomic mass is 10.1. The standard InChI is InChI=1S/C18H33N3/c1-6-12-19-16(3)17-8-10-18(11-9-17)21(13-7-2)15-14-20(4)5/h8-11,16,19H,6-7,12-15H2,1-5H3. The second kappa shape index (κ2) is 9.80. The van der Waals surface area contributed by atoms with E-state index in [1.807, 2.05) is 0 Å². The second-order valence-corrected chi connectivity index (χ2v) is 6.06. The zero-order valence-corrected chi connectivity index (χ0v) is 14.5. The summed E-state index contributed by atoms with van der Waals surface area (Å²) in [6.07, 6.45) is 2.36. The predicted molar refractivity (Wildman–Crippen MR) is 94.2 cm³/mol. The maximum atomic E-state index is 3.54. The van der Waals surface area contributed by atoms with Gasteiger partial charge in [0, 0.05) is 31.4 Å². The summed E-state index contributed by atoms with van der Waals surface area (Å²) >= 11 is 0. The molecular formula is C18H33N3. The molecular weight excluding hydrogens is 258 g/mol. The molecule has 120 valence electrons. The van der Waals surface area contributed by atoms with Crippen molar-refractivity contribution >= 4 is 5.69 Å². The van der Waals surface area contributed by atoms with Crippen molar-refractivity contribution in [3.63, 3.8) is 0 Å². The minimum absolute atomic E-state index is 0.431. The summed E-state index contributed by atoms with van der Waals surface area (Å²) in [5.41, 5.74) is 2.71. The number of nitrogens with one attached hydrogen (secondary N) is 1. The van der Waals surface area contributed by atoms with Crippen molar-refractivity contribution < 1.29 is 0 Å². The number of rotatable bonds is 10. The van der Waals surface area contributed by atoms with Crippen LogP contribution in [0.4, 0.5) is 5.69 Å². The molecule has 21 heavy (non-hydrogen) atoms. The van der Waals surface area contributed by atoms with E-state index in [9.17, 15) is 0 Å². The Labute approximate surface area is 131 Å². The van der Waals surface area contributed by atoms with Crippen LogP contribution in [0.2, 0.25) is 0 Å². The Morgan fingerprint density at radius 1 is 0.952 bits per heavy atom. The lowest BCUT2D eigenvalue weighted by molar-refractivity contribution is 0.413. The van der Waals surface area contributed by atoms with Gasteiger partial charge in [0.05, 0.1) is 0 Å². The van der Waals surface area contributed by atoms with Gasteiger partial charge in [-0.25, -0.2) is 0 Å². The van der Waals surface area contributed by atoms with Gasteiger partial charge in [-0.2, -0.15) is 0 Å². The molecule has 1 N–H and O–H groups in total. The summed E-state index contributed by atoms with van der Waals surface area (Å²) in [4.78, 5) is 4.72. The Balaban J connectivity index is 2.68. The molecule has 1 atom stereocenters. The van der Waals surface area contributed by atoms with Gasteiger partial charge in [-0.05, 0) is 58.1 Å². The molecule has 0 aliphatic carbocycles. The molecule has 0 aromatic heterocycles. The number of nitrogens with zero attached hydrogens (tertiary/aromatic N) is 2. The average molecular weight is 291 g/mol. The van der Waals surface area contributed by atoms with E-state index in [2.05, 4.69) is 74.2 Å². The smallest absolute Gasteiger partial charge is 0.0366 e. The molecule has 0 heterocycles. The maximum Gasteiger partial charge on any atom is 0.0366 e. The van der Waals surface area contributed by atoms with Gasteiger partial charge >= 0.3 is 0 Å². The van der Waals surface area contributed by atoms with Crippen LogP contribution in [0, 0.1) is 0 Å². The van der Waals surface area contributed by atoms with Crippen molar-refractivity contribution in [2.24, 2.45) is 0 Å². The highest BCUT2D eigenvalue weighted by Gasteiger charge is 2.08. The van der Waals surface area contributed by atoms with Gasteiger partial charge < -0.3 is 15.1 Å². The molecule has 3 heteroatoms. The lowest BCUT2D eigenvalue weighted by Crippen LogP contribution is -2.32. The molecule has 0 saturated heterocycles. The molecule has 0 radical (unpaired) electrons. The lowest BCUT2D eigenvalue weighted by Gasteiger charge is -2.26. The van der Waals surface area contributed by atoms with E-state index in [-0.39, 0.29) is 0 Å². The van der Waals surface area contributed by atoms with Gasteiger partial charge in [-0.15, -0.1) is 0 Å². The van der Waals surface area contributed by atoms with Crippen molar-refractivity contribution in [3.05, 3.63) is 29.8 Å². The summed E-state index contributed by atoms with van der Waals surface area (Å²) in [7, 11) is 4.27. The first kappa shape index (κ1) is 18.0. The summed E-state index contributed by atoms with van der Waals surface area (Å²) in [5.74, 6) is 0. The minimum atomic E-state index is 0.431. The van der Waals surface area contributed by atoms with E-state index in [0.717, 1.165) is 26.2 Å². The van der Waals surface area contributed by atoms with Crippen LogP contribution in [0.3, 0.4) is 0 Å². The minimum Gasteiger partial charge on any atom is -0.370 e. The van der Waals surface area contributed by atoms with Gasteiger partial charge in [-0.3, -0.25) is 0 Å². The van der Waals surface area contributed by atoms with E-state index >= 15 is 0 Å². The highest BCUT2D eigenvalue weighted by molar-refractivity contribution is 5.48. The Bertz CT molecular complexity index is 373. The molecule has 1 aromatic rings. The van der Waals surface area contributed by atoms with Gasteiger partial charge in [0.1, 0.15) is 0 Å². The largest absolute Gasteiger partial charge is 0.370 e. The van der Waals surface area contributed by atoms with Crippen LogP contribution in [-0.4, -0.2) is 45.2 Å². The van der Waals surface area contributed by atoms with E-state index in [1.165, 1.54) is 24.1 Å². The van der Waals surface area contributed by atoms with Crippen LogP contribution in [-0.2, 0) is 0 Å². The molecule has 1 unspecified atom stereocenters. The number of hydrogen-bond donors (Lipinski definition) is 1. The van der Waals surface area contributed by atoms with Crippen LogP contribution in [0.1, 0.15) is 45.2 Å². The zero-order valence-electron chi connectivity index (χ0n) is 14.5. The van der Waals surface area contributed by atoms with Crippen LogP contribution in [0.5, 0.6) is 0 Å². The molecule has 0 aliphatic heterocycles. The van der Waals surface area contributed by atoms with Gasteiger partial charge in [0.15, 0.2) is 0 Å². The Morgan fingerprint density at radius 3 is 2.14 bits per heavy atom. The first-order valence-corrected chi connectivity index (χ1v) is 8.31. The molecule has 0 spiro atoms. The fourth-order valence-electron chi connectivity index (χ4n) is 2.41. The number of hydrogen-bond acceptors (Lipinski definition) is 3. The molecule has 0 amide bonds. The third kappa shape index (κ3) is 6.49. The second-order valence-electron chi connectivity index (χ2n) is 6.06. The van der Waals surface area contributed by atoms with Gasteiger partial charge in [0.25, 0.3) is 0 Å². The molecule has 1 aromatic carbocycles. The first-order chi connectivity index (χ1) is 10.1. The van der Waals surface area contributed by atoms with Crippen molar-refractivity contribution in [2.75, 3.05) is 45.2 Å². The number of benzene rings is 1. The van der Waals surface area contributed by atoms with Crippen molar-refractivity contribution in [1.29, 1.82) is 0 Å². The normalized spacial score (nSPS) is 12.7. The zero-order chi connectivity index (χ0) is 15.7. The van der Waals surface area contributed by atoms with Gasteiger partial charge in [-0.1, -0.05) is 26.0 Å². The molecule has 0 bridgehead atoms. The van der Waals surface area contributed by atoms with Gasteiger partial charge in [0.2, 0.25) is 0 Å². The van der Waals surface area contributed by atoms with Crippen LogP contribution < -0.4 is 10.2 Å². The van der Waals surface area contributed by atoms with E-state index in [1.54, 1.807) is 0 Å². The maximum absolute atomic E-state index is 3.54. The third-order valence-electron chi connectivity index (χ3n) is 3.77. The van der Waals surface area contributed by atoms with E-state index < -0.39 is 0 Å². The Kier molecular flexibility index (Phi) is 8.40. The average Bonchev–Trinajstić information content (AvgIpc) is 2.49. The molecule has 0 fully saturated rings. The predicted octanol–water partition coefficient (Wildman–Crippen LogP) is 3.53. The summed E-state index contributed by atoms with van der Waals surface area (Å²) in [6.45, 7) is 11.1. The van der Waals surface area contributed by atoms with E-state index in [4.69, 9.17) is 0 Å². The topological polar surface area (TPSA) is 18.5 Å². The van der Waals surface area contributed by atoms with Crippen molar-refractivity contribution in [1.82, 2.24) is 10.2 Å². The van der Waals surface area contributed by atoms with Crippen LogP contribution >= 0.6 is 0 Å². The molecule has 3 nitrogen and oxygen atoms in total. The SMILES string of the molecule is CCCNC(C)c1ccc(N(CCC)CCN(C)C)cc1. The quantitative estimate of drug-likeness (QED) is 0.711. The van der Waals surface area contributed by atoms with Crippen LogP contribution in [0.15, 0.2) is 24.3 Å². The molecule has 0 aliphatic rings. The summed E-state index contributed by atoms with van der Waals surface area (Å²) < 4.78 is 0. The number of anilines is 1. The molecule has 1 rings (SSSR count). The third-order valence-corrected chi connectivity index (χ3v) is 3.77. The molecule has 0 saturated carbocycles. The Morgan fingerprint density at radius 2 is 1.62 bits per heavy atom. The van der Waals surface area contributed by atoms with Crippen molar-refractivity contribution in [3.8, 4) is 0 Å². The number of likely N-dealkylation sites (N-methyl/N-ethyl adjacent to an activating group) is 1. The van der Waals surface area contributed by atoms with Crippen LogP contribution in [0.25, 0.3) is 0 Å². The fourth-order valence-corrected chi connectivity index (χ4v) is 2.41. The summed E-state index contributed by atoms with van der Waals surface area (Å²) in [6, 6.07) is 9.50. The summed E-state index contributed by atoms with van der Waals surface area (Å²) in [5, 5.41) is 3.54.